The van der Waals surface area contributed by atoms with E-state index in [1.165, 1.54) is 0 Å². The molecule has 5 rings (SSSR count). The molecule has 2 fully saturated rings. The van der Waals surface area contributed by atoms with E-state index >= 15 is 0 Å². The van der Waals surface area contributed by atoms with E-state index in [1.54, 1.807) is 30.7 Å². The standard InChI is InChI=1S/C23H24FN5O/c1-14(18-11-15-3-2-4-21(26-15)23(18)24)19-7-8-20(28-27-19)17-6-5-16(12-22(17)30)29-10-9-25-13-29/h5-10,12-13,15,18,21,23,26,30H,1-4,11H2/t15-,18+,21+,23-/m1/s1. The second-order valence-electron chi connectivity index (χ2n) is 8.19. The van der Waals surface area contributed by atoms with E-state index in [0.717, 1.165) is 31.4 Å². The van der Waals surface area contributed by atoms with E-state index < -0.39 is 6.17 Å². The molecule has 154 valence electrons. The monoisotopic (exact) mass is 405 g/mol. The molecular formula is C23H24FN5O. The number of fused-ring (bicyclic) bond motifs is 2. The molecule has 0 unspecified atom stereocenters. The number of benzene rings is 1. The fourth-order valence-corrected chi connectivity index (χ4v) is 4.69. The van der Waals surface area contributed by atoms with Crippen molar-refractivity contribution >= 4 is 5.57 Å². The Bertz CT molecular complexity index is 1050. The minimum absolute atomic E-state index is 0.0857. The van der Waals surface area contributed by atoms with Crippen molar-refractivity contribution in [2.24, 2.45) is 5.92 Å². The summed E-state index contributed by atoms with van der Waals surface area (Å²) in [6, 6.07) is 9.23. The molecular weight excluding hydrogens is 381 g/mol. The van der Waals surface area contributed by atoms with Crippen molar-refractivity contribution in [1.29, 1.82) is 0 Å². The molecule has 7 heteroatoms. The van der Waals surface area contributed by atoms with Crippen LogP contribution < -0.4 is 5.32 Å². The van der Waals surface area contributed by atoms with Gasteiger partial charge in [-0.2, -0.15) is 5.10 Å². The van der Waals surface area contributed by atoms with Crippen molar-refractivity contribution in [3.8, 4) is 22.7 Å². The number of phenolic OH excluding ortho intramolecular Hbond substituents is 1. The third-order valence-corrected chi connectivity index (χ3v) is 6.33. The zero-order valence-corrected chi connectivity index (χ0v) is 16.6. The van der Waals surface area contributed by atoms with Crippen LogP contribution in [-0.2, 0) is 0 Å². The van der Waals surface area contributed by atoms with E-state index in [2.05, 4.69) is 27.1 Å². The number of allylic oxidation sites excluding steroid dienone is 1. The fraction of sp³-hybridized carbons (Fsp3) is 0.348. The highest BCUT2D eigenvalue weighted by Gasteiger charge is 2.41. The fourth-order valence-electron chi connectivity index (χ4n) is 4.69. The molecule has 0 amide bonds. The first-order valence-electron chi connectivity index (χ1n) is 10.3. The topological polar surface area (TPSA) is 75.9 Å². The highest BCUT2D eigenvalue weighted by Crippen LogP contribution is 2.39. The van der Waals surface area contributed by atoms with E-state index in [9.17, 15) is 9.50 Å². The highest BCUT2D eigenvalue weighted by molar-refractivity contribution is 5.70. The van der Waals surface area contributed by atoms with Crippen molar-refractivity contribution in [2.45, 2.75) is 43.9 Å². The minimum Gasteiger partial charge on any atom is -0.507 e. The second kappa shape index (κ2) is 7.65. The Labute approximate surface area is 174 Å². The number of alkyl halides is 1. The molecule has 4 heterocycles. The SMILES string of the molecule is C=C(c1ccc(-c2ccc(-n3ccnc3)cc2O)nn1)[C@@H]1C[C@H]2CCC[C@H](N2)[C@@H]1F. The zero-order chi connectivity index (χ0) is 20.7. The summed E-state index contributed by atoms with van der Waals surface area (Å²) >= 11 is 0. The highest BCUT2D eigenvalue weighted by atomic mass is 19.1. The molecule has 30 heavy (non-hydrogen) atoms. The first kappa shape index (κ1) is 18.9. The van der Waals surface area contributed by atoms with Gasteiger partial charge in [-0.05, 0) is 49.1 Å². The Kier molecular flexibility index (Phi) is 4.83. The molecule has 2 bridgehead atoms. The smallest absolute Gasteiger partial charge is 0.127 e. The maximum Gasteiger partial charge on any atom is 0.127 e. The Morgan fingerprint density at radius 3 is 2.83 bits per heavy atom. The maximum atomic E-state index is 15.0. The number of hydrogen-bond acceptors (Lipinski definition) is 5. The predicted molar refractivity (Wildman–Crippen MR) is 113 cm³/mol. The van der Waals surface area contributed by atoms with E-state index in [1.807, 2.05) is 22.9 Å². The van der Waals surface area contributed by atoms with Crippen LogP contribution in [0.1, 0.15) is 31.4 Å². The largest absolute Gasteiger partial charge is 0.507 e. The molecule has 1 aromatic carbocycles. The molecule has 2 aliphatic heterocycles. The van der Waals surface area contributed by atoms with E-state index in [0.29, 0.717) is 28.6 Å². The molecule has 2 aliphatic rings. The third kappa shape index (κ3) is 3.39. The van der Waals surface area contributed by atoms with Gasteiger partial charge in [-0.1, -0.05) is 13.0 Å². The molecule has 0 radical (unpaired) electrons. The van der Waals surface area contributed by atoms with Gasteiger partial charge in [0.1, 0.15) is 11.9 Å². The van der Waals surface area contributed by atoms with Gasteiger partial charge in [0.25, 0.3) is 0 Å². The zero-order valence-electron chi connectivity index (χ0n) is 16.6. The average molecular weight is 405 g/mol. The number of aromatic hydroxyl groups is 1. The lowest BCUT2D eigenvalue weighted by Crippen LogP contribution is -2.55. The van der Waals surface area contributed by atoms with Crippen molar-refractivity contribution in [3.05, 3.63) is 61.3 Å². The molecule has 0 aliphatic carbocycles. The molecule has 3 aromatic rings. The van der Waals surface area contributed by atoms with Crippen LogP contribution >= 0.6 is 0 Å². The van der Waals surface area contributed by atoms with Crippen LogP contribution in [0, 0.1) is 5.92 Å². The van der Waals surface area contributed by atoms with Gasteiger partial charge in [0.2, 0.25) is 0 Å². The lowest BCUT2D eigenvalue weighted by atomic mass is 9.75. The summed E-state index contributed by atoms with van der Waals surface area (Å²) in [5.41, 5.74) is 3.26. The molecule has 2 N–H and O–H groups in total. The van der Waals surface area contributed by atoms with Crippen LogP contribution in [0.15, 0.2) is 55.6 Å². The van der Waals surface area contributed by atoms with Crippen LogP contribution in [0.25, 0.3) is 22.5 Å². The number of nitrogens with zero attached hydrogens (tertiary/aromatic N) is 4. The van der Waals surface area contributed by atoms with Gasteiger partial charge in [-0.15, -0.1) is 5.10 Å². The lowest BCUT2D eigenvalue weighted by Gasteiger charge is -2.43. The number of imidazole rings is 1. The third-order valence-electron chi connectivity index (χ3n) is 6.33. The number of nitrogens with one attached hydrogen (secondary N) is 1. The van der Waals surface area contributed by atoms with Gasteiger partial charge in [0.15, 0.2) is 0 Å². The Morgan fingerprint density at radius 1 is 1.20 bits per heavy atom. The number of halogens is 1. The van der Waals surface area contributed by atoms with Crippen molar-refractivity contribution < 1.29 is 9.50 Å². The molecule has 2 saturated heterocycles. The predicted octanol–water partition coefficient (Wildman–Crippen LogP) is 3.92. The first-order chi connectivity index (χ1) is 14.6. The van der Waals surface area contributed by atoms with Crippen LogP contribution in [0.3, 0.4) is 0 Å². The second-order valence-corrected chi connectivity index (χ2v) is 8.19. The quantitative estimate of drug-likeness (QED) is 0.688. The van der Waals surface area contributed by atoms with E-state index in [-0.39, 0.29) is 17.7 Å². The summed E-state index contributed by atoms with van der Waals surface area (Å²) in [5, 5.41) is 22.5. The summed E-state index contributed by atoms with van der Waals surface area (Å²) in [4.78, 5) is 4.02. The maximum absolute atomic E-state index is 15.0. The van der Waals surface area contributed by atoms with Crippen molar-refractivity contribution in [3.63, 3.8) is 0 Å². The van der Waals surface area contributed by atoms with Gasteiger partial charge in [-0.3, -0.25) is 0 Å². The van der Waals surface area contributed by atoms with Gasteiger partial charge in [-0.25, -0.2) is 9.37 Å². The summed E-state index contributed by atoms with van der Waals surface area (Å²) in [6.07, 6.45) is 8.00. The van der Waals surface area contributed by atoms with Crippen LogP contribution in [-0.4, -0.2) is 43.1 Å². The minimum atomic E-state index is -0.949. The molecule has 0 saturated carbocycles. The number of rotatable bonds is 4. The molecule has 6 nitrogen and oxygen atoms in total. The number of hydrogen-bond donors (Lipinski definition) is 2. The van der Waals surface area contributed by atoms with Crippen LogP contribution in [0.4, 0.5) is 4.39 Å². The molecule has 2 aromatic heterocycles. The van der Waals surface area contributed by atoms with Crippen molar-refractivity contribution in [1.82, 2.24) is 25.1 Å². The molecule has 4 atom stereocenters. The summed E-state index contributed by atoms with van der Waals surface area (Å²) in [5.74, 6) is -0.123. The summed E-state index contributed by atoms with van der Waals surface area (Å²) in [7, 11) is 0. The Balaban J connectivity index is 1.36. The number of aromatic nitrogens is 4. The number of piperidine rings is 2. The average Bonchev–Trinajstić information content (AvgIpc) is 3.31. The van der Waals surface area contributed by atoms with Gasteiger partial charge in [0, 0.05) is 42.0 Å². The summed E-state index contributed by atoms with van der Waals surface area (Å²) in [6.45, 7) is 4.16. The van der Waals surface area contributed by atoms with Crippen LogP contribution in [0.5, 0.6) is 5.75 Å². The van der Waals surface area contributed by atoms with Crippen LogP contribution in [0.2, 0.25) is 0 Å². The molecule has 0 spiro atoms. The van der Waals surface area contributed by atoms with E-state index in [4.69, 9.17) is 0 Å². The normalized spacial score (nSPS) is 25.8. The first-order valence-corrected chi connectivity index (χ1v) is 10.3. The van der Waals surface area contributed by atoms with Gasteiger partial charge in [0.05, 0.1) is 23.4 Å². The Morgan fingerprint density at radius 2 is 2.10 bits per heavy atom. The van der Waals surface area contributed by atoms with Gasteiger partial charge >= 0.3 is 0 Å². The summed E-state index contributed by atoms with van der Waals surface area (Å²) < 4.78 is 16.8. The van der Waals surface area contributed by atoms with Gasteiger partial charge < -0.3 is 15.0 Å². The lowest BCUT2D eigenvalue weighted by molar-refractivity contribution is 0.0982. The number of phenols is 1. The Hall–Kier alpha value is -3.06. The van der Waals surface area contributed by atoms with Crippen molar-refractivity contribution in [2.75, 3.05) is 0 Å².